The number of halogens is 1. The molecule has 3 aromatic rings. The number of benzene rings is 2. The van der Waals surface area contributed by atoms with Gasteiger partial charge in [0.1, 0.15) is 17.9 Å². The normalized spacial score (nSPS) is 14.1. The Hall–Kier alpha value is -3.27. The zero-order valence-corrected chi connectivity index (χ0v) is 17.0. The van der Waals surface area contributed by atoms with E-state index in [1.165, 1.54) is 0 Å². The predicted octanol–water partition coefficient (Wildman–Crippen LogP) is 4.39. The van der Waals surface area contributed by atoms with Crippen molar-refractivity contribution in [1.29, 1.82) is 5.26 Å². The Morgan fingerprint density at radius 2 is 1.93 bits per heavy atom. The van der Waals surface area contributed by atoms with Crippen LogP contribution in [0.1, 0.15) is 28.8 Å². The number of carbonyl (C=O) groups excluding carboxylic acids is 1. The molecule has 1 aliphatic rings. The van der Waals surface area contributed by atoms with E-state index >= 15 is 0 Å². The Kier molecular flexibility index (Phi) is 6.03. The number of nitrogens with zero attached hydrogens (tertiary/aromatic N) is 2. The minimum absolute atomic E-state index is 0.103. The van der Waals surface area contributed by atoms with E-state index in [2.05, 4.69) is 16.7 Å². The lowest BCUT2D eigenvalue weighted by Crippen LogP contribution is -2.34. The fourth-order valence-electron chi connectivity index (χ4n) is 3.40. The molecule has 2 heterocycles. The molecule has 7 heteroatoms. The molecular formula is C23H21ClN4O2. The Balaban J connectivity index is 1.45. The number of nitriles is 1. The summed E-state index contributed by atoms with van der Waals surface area (Å²) in [7, 11) is 0. The number of hydrogen-bond donors (Lipinski definition) is 2. The minimum Gasteiger partial charge on any atom is -0.489 e. The second-order valence-corrected chi connectivity index (χ2v) is 7.56. The molecule has 0 aliphatic carbocycles. The highest BCUT2D eigenvalue weighted by Crippen LogP contribution is 2.25. The number of rotatable bonds is 5. The third kappa shape index (κ3) is 4.65. The first-order chi connectivity index (χ1) is 14.6. The summed E-state index contributed by atoms with van der Waals surface area (Å²) in [5.41, 5.74) is 2.38. The molecule has 152 valence electrons. The molecule has 0 radical (unpaired) electrons. The van der Waals surface area contributed by atoms with Crippen LogP contribution in [0.15, 0.2) is 60.9 Å². The molecule has 0 unspecified atom stereocenters. The number of carbonyl (C=O) groups is 1. The first-order valence-corrected chi connectivity index (χ1v) is 10.2. The average molecular weight is 421 g/mol. The summed E-state index contributed by atoms with van der Waals surface area (Å²) >= 11 is 5.93. The van der Waals surface area contributed by atoms with Crippen LogP contribution in [0.25, 0.3) is 5.69 Å². The van der Waals surface area contributed by atoms with E-state index in [1.807, 2.05) is 22.9 Å². The van der Waals surface area contributed by atoms with Crippen molar-refractivity contribution in [2.24, 2.45) is 0 Å². The number of aromatic nitrogens is 1. The van der Waals surface area contributed by atoms with Crippen molar-refractivity contribution in [3.05, 3.63) is 77.1 Å². The van der Waals surface area contributed by atoms with Crippen molar-refractivity contribution in [2.45, 2.75) is 18.9 Å². The van der Waals surface area contributed by atoms with Crippen LogP contribution in [-0.2, 0) is 0 Å². The van der Waals surface area contributed by atoms with E-state index in [1.54, 1.807) is 42.6 Å². The highest BCUT2D eigenvalue weighted by Gasteiger charge is 2.17. The van der Waals surface area contributed by atoms with Gasteiger partial charge in [-0.2, -0.15) is 5.26 Å². The molecule has 1 aliphatic heterocycles. The van der Waals surface area contributed by atoms with Crippen molar-refractivity contribution in [1.82, 2.24) is 9.88 Å². The fourth-order valence-corrected chi connectivity index (χ4v) is 3.52. The van der Waals surface area contributed by atoms with Crippen molar-refractivity contribution >= 4 is 23.2 Å². The van der Waals surface area contributed by atoms with Crippen LogP contribution in [0, 0.1) is 11.3 Å². The van der Waals surface area contributed by atoms with Crippen molar-refractivity contribution in [3.63, 3.8) is 0 Å². The van der Waals surface area contributed by atoms with Gasteiger partial charge in [-0.25, -0.2) is 0 Å². The van der Waals surface area contributed by atoms with Crippen LogP contribution < -0.4 is 15.4 Å². The topological polar surface area (TPSA) is 79.1 Å². The molecule has 0 saturated carbocycles. The smallest absolute Gasteiger partial charge is 0.257 e. The zero-order chi connectivity index (χ0) is 20.9. The first kappa shape index (κ1) is 20.0. The van der Waals surface area contributed by atoms with Crippen LogP contribution in [-0.4, -0.2) is 29.7 Å². The Labute approximate surface area is 180 Å². The molecule has 30 heavy (non-hydrogen) atoms. The Morgan fingerprint density at radius 3 is 2.67 bits per heavy atom. The van der Waals surface area contributed by atoms with Gasteiger partial charge in [-0.1, -0.05) is 11.6 Å². The molecule has 2 aromatic carbocycles. The molecule has 2 N–H and O–H groups in total. The van der Waals surface area contributed by atoms with Gasteiger partial charge in [0.2, 0.25) is 0 Å². The van der Waals surface area contributed by atoms with Gasteiger partial charge in [-0.15, -0.1) is 0 Å². The number of amides is 1. The maximum atomic E-state index is 12.6. The number of piperidine rings is 1. The molecule has 0 atom stereocenters. The van der Waals surface area contributed by atoms with E-state index in [-0.39, 0.29) is 12.0 Å². The third-order valence-electron chi connectivity index (χ3n) is 5.02. The lowest BCUT2D eigenvalue weighted by atomic mass is 10.1. The van der Waals surface area contributed by atoms with Gasteiger partial charge in [-0.3, -0.25) is 4.79 Å². The summed E-state index contributed by atoms with van der Waals surface area (Å²) in [5.74, 6) is 0.301. The van der Waals surface area contributed by atoms with E-state index in [9.17, 15) is 10.1 Å². The van der Waals surface area contributed by atoms with Crippen molar-refractivity contribution < 1.29 is 9.53 Å². The molecule has 0 bridgehead atoms. The van der Waals surface area contributed by atoms with Gasteiger partial charge in [0.25, 0.3) is 5.91 Å². The predicted molar refractivity (Wildman–Crippen MR) is 116 cm³/mol. The second-order valence-electron chi connectivity index (χ2n) is 7.13. The van der Waals surface area contributed by atoms with E-state index in [4.69, 9.17) is 16.3 Å². The number of hydrogen-bond acceptors (Lipinski definition) is 4. The molecule has 0 spiro atoms. The van der Waals surface area contributed by atoms with Gasteiger partial charge in [-0.05, 0) is 74.5 Å². The fraction of sp³-hybridized carbons (Fsp3) is 0.217. The molecule has 6 nitrogen and oxygen atoms in total. The lowest BCUT2D eigenvalue weighted by Gasteiger charge is -2.24. The summed E-state index contributed by atoms with van der Waals surface area (Å²) in [4.78, 5) is 12.6. The first-order valence-electron chi connectivity index (χ1n) is 9.79. The summed E-state index contributed by atoms with van der Waals surface area (Å²) in [6.07, 6.45) is 5.49. The standard InChI is InChI=1S/C23H21ClN4O2/c24-18-1-4-20(5-2-18)28-12-9-16(15-28)23(29)27-19-3-6-22(17(13-19)14-25)30-21-7-10-26-11-8-21/h1-6,9,12-13,15,21,26H,7-8,10-11H2,(H,27,29). The highest BCUT2D eigenvalue weighted by atomic mass is 35.5. The summed E-state index contributed by atoms with van der Waals surface area (Å²) < 4.78 is 7.84. The van der Waals surface area contributed by atoms with Crippen LogP contribution in [0.5, 0.6) is 5.75 Å². The van der Waals surface area contributed by atoms with Crippen molar-refractivity contribution in [2.75, 3.05) is 18.4 Å². The largest absolute Gasteiger partial charge is 0.489 e. The monoisotopic (exact) mass is 420 g/mol. The summed E-state index contributed by atoms with van der Waals surface area (Å²) in [5, 5.41) is 16.3. The van der Waals surface area contributed by atoms with Gasteiger partial charge in [0, 0.05) is 28.8 Å². The molecular weight excluding hydrogens is 400 g/mol. The van der Waals surface area contributed by atoms with Crippen molar-refractivity contribution in [3.8, 4) is 17.5 Å². The van der Waals surface area contributed by atoms with Crippen LogP contribution >= 0.6 is 11.6 Å². The number of anilines is 1. The number of ether oxygens (including phenoxy) is 1. The van der Waals surface area contributed by atoms with Gasteiger partial charge >= 0.3 is 0 Å². The summed E-state index contributed by atoms with van der Waals surface area (Å²) in [6.45, 7) is 1.83. The van der Waals surface area contributed by atoms with E-state index in [0.29, 0.717) is 27.6 Å². The van der Waals surface area contributed by atoms with Crippen LogP contribution in [0.3, 0.4) is 0 Å². The maximum absolute atomic E-state index is 12.6. The highest BCUT2D eigenvalue weighted by molar-refractivity contribution is 6.30. The zero-order valence-electron chi connectivity index (χ0n) is 16.3. The second kappa shape index (κ2) is 9.04. The van der Waals surface area contributed by atoms with E-state index < -0.39 is 0 Å². The lowest BCUT2D eigenvalue weighted by molar-refractivity contribution is 0.102. The minimum atomic E-state index is -0.251. The maximum Gasteiger partial charge on any atom is 0.257 e. The van der Waals surface area contributed by atoms with Crippen LogP contribution in [0.4, 0.5) is 5.69 Å². The van der Waals surface area contributed by atoms with Gasteiger partial charge in [0.05, 0.1) is 11.1 Å². The molecule has 1 aromatic heterocycles. The molecule has 1 fully saturated rings. The van der Waals surface area contributed by atoms with E-state index in [0.717, 1.165) is 31.6 Å². The quantitative estimate of drug-likeness (QED) is 0.641. The molecule has 4 rings (SSSR count). The summed E-state index contributed by atoms with van der Waals surface area (Å²) in [6, 6.07) is 16.4. The van der Waals surface area contributed by atoms with Crippen LogP contribution in [0.2, 0.25) is 5.02 Å². The van der Waals surface area contributed by atoms with Gasteiger partial charge in [0.15, 0.2) is 0 Å². The molecule has 1 amide bonds. The van der Waals surface area contributed by atoms with Gasteiger partial charge < -0.3 is 19.9 Å². The average Bonchev–Trinajstić information content (AvgIpc) is 3.26. The molecule has 1 saturated heterocycles. The Morgan fingerprint density at radius 1 is 1.17 bits per heavy atom. The number of nitrogens with one attached hydrogen (secondary N) is 2. The SMILES string of the molecule is N#Cc1cc(NC(=O)c2ccn(-c3ccc(Cl)cc3)c2)ccc1OC1CCNCC1. The third-order valence-corrected chi connectivity index (χ3v) is 5.27. The Bertz CT molecular complexity index is 1080.